The molecule has 66 valence electrons. The zero-order chi connectivity index (χ0) is 7.15. The zero-order valence-corrected chi connectivity index (χ0v) is 11.3. The monoisotopic (exact) mass is 441 g/mol. The van der Waals surface area contributed by atoms with Crippen LogP contribution in [-0.4, -0.2) is 21.1 Å². The zero-order valence-electron chi connectivity index (χ0n) is 5.31. The van der Waals surface area contributed by atoms with E-state index in [4.69, 9.17) is 27.6 Å². The number of rotatable bonds is 0. The van der Waals surface area contributed by atoms with E-state index in [-0.39, 0.29) is 17.0 Å². The van der Waals surface area contributed by atoms with Crippen LogP contribution in [0.3, 0.4) is 0 Å². The quantitative estimate of drug-likeness (QED) is 0.407. The van der Waals surface area contributed by atoms with Crippen molar-refractivity contribution in [3.05, 3.63) is 0 Å². The molecule has 0 rings (SSSR count). The van der Waals surface area contributed by atoms with Gasteiger partial charge in [-0.2, -0.15) is 0 Å². The number of hydrogen-bond acceptors (Lipinski definition) is 0. The predicted octanol–water partition coefficient (Wildman–Crippen LogP) is -2.17. The van der Waals surface area contributed by atoms with Crippen molar-refractivity contribution in [2.45, 2.75) is 0 Å². The van der Waals surface area contributed by atoms with Gasteiger partial charge in [-0.3, -0.25) is 0 Å². The van der Waals surface area contributed by atoms with Gasteiger partial charge in [0.25, 0.3) is 0 Å². The molecule has 0 aromatic carbocycles. The predicted molar refractivity (Wildman–Crippen MR) is 36.3 cm³/mol. The summed E-state index contributed by atoms with van der Waals surface area (Å²) in [5.74, 6) is 0. The Kier molecular flexibility index (Phi) is 24.3. The van der Waals surface area contributed by atoms with Gasteiger partial charge in [-0.15, -0.1) is 0 Å². The summed E-state index contributed by atoms with van der Waals surface area (Å²) >= 11 is -1.79. The average Bonchev–Trinajstić information content (AvgIpc) is 1.25. The molecule has 1 nitrogen and oxygen atoms in total. The molecule has 0 radical (unpaired) electrons. The van der Waals surface area contributed by atoms with E-state index in [2.05, 4.69) is 21.1 Å². The molecular formula is C3H10AuBrCl3N. The molecule has 0 aliphatic rings. The van der Waals surface area contributed by atoms with Gasteiger partial charge in [0.1, 0.15) is 0 Å². The molecule has 0 aliphatic heterocycles. The minimum absolute atomic E-state index is 0. The molecule has 1 N–H and O–H groups in total. The Hall–Kier alpha value is 2.05. The number of nitrogens with one attached hydrogen (secondary N) is 1. The van der Waals surface area contributed by atoms with Gasteiger partial charge in [0.05, 0.1) is 21.1 Å². The summed E-state index contributed by atoms with van der Waals surface area (Å²) in [6.45, 7) is 0. The van der Waals surface area contributed by atoms with Gasteiger partial charge in [0.2, 0.25) is 0 Å². The third kappa shape index (κ3) is 155. The molecule has 0 bridgehead atoms. The van der Waals surface area contributed by atoms with Crippen LogP contribution < -0.4 is 21.9 Å². The summed E-state index contributed by atoms with van der Waals surface area (Å²) < 4.78 is 0. The molecule has 0 fully saturated rings. The van der Waals surface area contributed by atoms with Crippen molar-refractivity contribution in [1.82, 2.24) is 0 Å². The third-order valence-electron chi connectivity index (χ3n) is 0. The summed E-state index contributed by atoms with van der Waals surface area (Å²) in [6.07, 6.45) is 0. The Morgan fingerprint density at radius 3 is 1.00 bits per heavy atom. The first-order chi connectivity index (χ1) is 3.46. The van der Waals surface area contributed by atoms with E-state index < -0.39 is 15.2 Å². The summed E-state index contributed by atoms with van der Waals surface area (Å²) in [6, 6.07) is 0. The van der Waals surface area contributed by atoms with Crippen LogP contribution in [-0.2, 0) is 15.2 Å². The van der Waals surface area contributed by atoms with Crippen LogP contribution >= 0.6 is 27.6 Å². The van der Waals surface area contributed by atoms with Crippen LogP contribution in [0.2, 0.25) is 0 Å². The summed E-state index contributed by atoms with van der Waals surface area (Å²) in [5, 5.41) is 0. The van der Waals surface area contributed by atoms with E-state index in [9.17, 15) is 0 Å². The van der Waals surface area contributed by atoms with Gasteiger partial charge in [-0.05, 0) is 0 Å². The number of quaternary nitrogens is 1. The molecular weight excluding hydrogens is 433 g/mol. The minimum atomic E-state index is -1.79. The Morgan fingerprint density at radius 2 is 1.00 bits per heavy atom. The van der Waals surface area contributed by atoms with Crippen LogP contribution in [0.15, 0.2) is 0 Å². The van der Waals surface area contributed by atoms with Crippen molar-refractivity contribution in [1.29, 1.82) is 0 Å². The standard InChI is InChI=1S/C3H9N.Au.BrH.3ClH/c1-4(2)3;;;;;/h1-3H3;;4*1H/q;+3;;;;/p-3. The van der Waals surface area contributed by atoms with Crippen LogP contribution in [0, 0.1) is 0 Å². The number of halogens is 4. The van der Waals surface area contributed by atoms with Gasteiger partial charge in [0, 0.05) is 0 Å². The van der Waals surface area contributed by atoms with Crippen molar-refractivity contribution >= 4 is 27.6 Å². The van der Waals surface area contributed by atoms with Crippen molar-refractivity contribution in [2.75, 3.05) is 21.1 Å². The second-order valence-electron chi connectivity index (χ2n) is 1.63. The van der Waals surface area contributed by atoms with E-state index in [1.807, 2.05) is 0 Å². The van der Waals surface area contributed by atoms with Crippen LogP contribution in [0.25, 0.3) is 0 Å². The van der Waals surface area contributed by atoms with Crippen molar-refractivity contribution < 1.29 is 37.1 Å². The van der Waals surface area contributed by atoms with Crippen LogP contribution in [0.1, 0.15) is 0 Å². The first kappa shape index (κ1) is 17.2. The van der Waals surface area contributed by atoms with E-state index in [0.717, 1.165) is 0 Å². The van der Waals surface area contributed by atoms with E-state index in [1.54, 1.807) is 0 Å². The maximum atomic E-state index is 4.95. The summed E-state index contributed by atoms with van der Waals surface area (Å²) in [5.41, 5.74) is 0. The second-order valence-corrected chi connectivity index (χ2v) is 11.0. The topological polar surface area (TPSA) is 4.44 Å². The molecule has 0 aromatic rings. The fraction of sp³-hybridized carbons (Fsp3) is 1.00. The summed E-state index contributed by atoms with van der Waals surface area (Å²) in [7, 11) is 21.1. The fourth-order valence-corrected chi connectivity index (χ4v) is 0. The first-order valence-corrected chi connectivity index (χ1v) is 9.90. The Bertz CT molecular complexity index is 34.5. The molecule has 0 unspecified atom stereocenters. The molecule has 0 heterocycles. The second kappa shape index (κ2) is 12.7. The summed E-state index contributed by atoms with van der Waals surface area (Å²) in [4.78, 5) is 1.42. The van der Waals surface area contributed by atoms with Crippen LogP contribution in [0.5, 0.6) is 0 Å². The van der Waals surface area contributed by atoms with Gasteiger partial charge in [-0.25, -0.2) is 0 Å². The maximum absolute atomic E-state index is 4.95. The van der Waals surface area contributed by atoms with Crippen molar-refractivity contribution in [3.8, 4) is 0 Å². The van der Waals surface area contributed by atoms with Crippen LogP contribution in [0.4, 0.5) is 0 Å². The average molecular weight is 443 g/mol. The molecule has 0 aromatic heterocycles. The van der Waals surface area contributed by atoms with E-state index in [0.29, 0.717) is 0 Å². The van der Waals surface area contributed by atoms with E-state index in [1.165, 1.54) is 4.90 Å². The van der Waals surface area contributed by atoms with E-state index >= 15 is 0 Å². The molecule has 0 saturated heterocycles. The first-order valence-electron chi connectivity index (χ1n) is 1.84. The number of hydrogen-bond donors (Lipinski definition) is 1. The van der Waals surface area contributed by atoms with Crippen molar-refractivity contribution in [3.63, 3.8) is 0 Å². The molecule has 0 amide bonds. The molecule has 0 atom stereocenters. The van der Waals surface area contributed by atoms with Crippen molar-refractivity contribution in [2.24, 2.45) is 0 Å². The Balaban J connectivity index is -0.0000000720. The molecule has 6 heteroatoms. The Labute approximate surface area is 85.0 Å². The SMILES string of the molecule is C[NH+](C)C.[Br-].[Cl][Au]([Cl])[Cl]. The van der Waals surface area contributed by atoms with Gasteiger partial charge < -0.3 is 21.9 Å². The normalized spacial score (nSPS) is 9.00. The molecule has 0 aliphatic carbocycles. The van der Waals surface area contributed by atoms with Gasteiger partial charge in [0.15, 0.2) is 0 Å². The Morgan fingerprint density at radius 1 is 1.00 bits per heavy atom. The molecule has 0 spiro atoms. The molecule has 9 heavy (non-hydrogen) atoms. The van der Waals surface area contributed by atoms with Gasteiger partial charge in [-0.1, -0.05) is 0 Å². The third-order valence-corrected chi connectivity index (χ3v) is 0. The fourth-order valence-electron chi connectivity index (χ4n) is 0. The molecule has 0 saturated carbocycles. The van der Waals surface area contributed by atoms with Gasteiger partial charge >= 0.3 is 42.8 Å².